The predicted octanol–water partition coefficient (Wildman–Crippen LogP) is 1.67. The fraction of sp³-hybridized carbons (Fsp3) is 0.667. The van der Waals surface area contributed by atoms with Gasteiger partial charge in [-0.3, -0.25) is 9.59 Å². The Bertz CT molecular complexity index is 603. The van der Waals surface area contributed by atoms with Crippen LogP contribution >= 0.6 is 0 Å². The Morgan fingerprint density at radius 1 is 1.29 bits per heavy atom. The van der Waals surface area contributed by atoms with Crippen LogP contribution in [-0.4, -0.2) is 49.6 Å². The summed E-state index contributed by atoms with van der Waals surface area (Å²) in [5, 5.41) is 3.11. The van der Waals surface area contributed by atoms with Crippen molar-refractivity contribution in [2.24, 2.45) is 17.3 Å². The average molecular weight is 332 g/mol. The normalized spacial score (nSPS) is 25.8. The van der Waals surface area contributed by atoms with Gasteiger partial charge in [0.1, 0.15) is 0 Å². The van der Waals surface area contributed by atoms with Crippen molar-refractivity contribution >= 4 is 11.8 Å². The van der Waals surface area contributed by atoms with E-state index in [1.807, 2.05) is 0 Å². The number of amides is 2. The number of carbonyl (C=O) groups excluding carboxylic acids is 2. The number of hydrogen-bond acceptors (Lipinski definition) is 4. The van der Waals surface area contributed by atoms with E-state index in [4.69, 9.17) is 9.15 Å². The summed E-state index contributed by atoms with van der Waals surface area (Å²) in [5.41, 5.74) is -0.159. The third kappa shape index (κ3) is 2.95. The highest BCUT2D eigenvalue weighted by atomic mass is 16.5. The number of rotatable bonds is 4. The summed E-state index contributed by atoms with van der Waals surface area (Å²) >= 11 is 0. The molecule has 1 N–H and O–H groups in total. The van der Waals surface area contributed by atoms with Crippen molar-refractivity contribution in [2.75, 3.05) is 32.8 Å². The highest BCUT2D eigenvalue weighted by molar-refractivity contribution is 5.92. The molecule has 1 saturated carbocycles. The molecular formula is C18H24N2O4. The van der Waals surface area contributed by atoms with Crippen molar-refractivity contribution in [3.63, 3.8) is 0 Å². The molecule has 2 amide bonds. The first-order valence-electron chi connectivity index (χ1n) is 8.86. The van der Waals surface area contributed by atoms with Crippen LogP contribution in [0.5, 0.6) is 0 Å². The monoisotopic (exact) mass is 332 g/mol. The molecular weight excluding hydrogens is 308 g/mol. The molecule has 1 aliphatic carbocycles. The summed E-state index contributed by atoms with van der Waals surface area (Å²) in [7, 11) is 0. The Labute approximate surface area is 141 Å². The van der Waals surface area contributed by atoms with E-state index in [-0.39, 0.29) is 23.1 Å². The topological polar surface area (TPSA) is 71.8 Å². The summed E-state index contributed by atoms with van der Waals surface area (Å²) < 4.78 is 10.8. The molecule has 3 heterocycles. The lowest BCUT2D eigenvalue weighted by molar-refractivity contribution is -0.129. The fourth-order valence-electron chi connectivity index (χ4n) is 4.02. The van der Waals surface area contributed by atoms with Crippen LogP contribution in [0, 0.1) is 17.3 Å². The molecule has 3 fully saturated rings. The van der Waals surface area contributed by atoms with Gasteiger partial charge in [-0.1, -0.05) is 0 Å². The zero-order chi connectivity index (χ0) is 16.6. The molecule has 6 nitrogen and oxygen atoms in total. The van der Waals surface area contributed by atoms with Gasteiger partial charge in [-0.25, -0.2) is 0 Å². The molecule has 2 saturated heterocycles. The quantitative estimate of drug-likeness (QED) is 0.910. The smallest absolute Gasteiger partial charge is 0.289 e. The molecule has 2 aliphatic heterocycles. The van der Waals surface area contributed by atoms with Gasteiger partial charge in [0.25, 0.3) is 5.91 Å². The van der Waals surface area contributed by atoms with Crippen LogP contribution in [0.4, 0.5) is 0 Å². The Morgan fingerprint density at radius 2 is 2.08 bits per heavy atom. The largest absolute Gasteiger partial charge is 0.459 e. The highest BCUT2D eigenvalue weighted by Gasteiger charge is 2.52. The molecule has 6 heteroatoms. The summed E-state index contributed by atoms with van der Waals surface area (Å²) in [5.74, 6) is 0.819. The Morgan fingerprint density at radius 3 is 2.75 bits per heavy atom. The maximum atomic E-state index is 12.8. The van der Waals surface area contributed by atoms with Gasteiger partial charge in [0.2, 0.25) is 5.91 Å². The van der Waals surface area contributed by atoms with Crippen LogP contribution in [0.15, 0.2) is 22.8 Å². The molecule has 0 aromatic carbocycles. The molecule has 0 bridgehead atoms. The molecule has 1 spiro atoms. The third-order valence-electron chi connectivity index (χ3n) is 5.73. The maximum absolute atomic E-state index is 12.8. The van der Waals surface area contributed by atoms with Gasteiger partial charge >= 0.3 is 0 Å². The van der Waals surface area contributed by atoms with Gasteiger partial charge in [0.15, 0.2) is 5.76 Å². The van der Waals surface area contributed by atoms with Gasteiger partial charge in [-0.05, 0) is 43.7 Å². The summed E-state index contributed by atoms with van der Waals surface area (Å²) in [6.45, 7) is 3.17. The number of hydrogen-bond donors (Lipinski definition) is 1. The van der Waals surface area contributed by atoms with Crippen molar-refractivity contribution < 1.29 is 18.7 Å². The Kier molecular flexibility index (Phi) is 4.08. The first kappa shape index (κ1) is 15.7. The minimum atomic E-state index is -0.159. The van der Waals surface area contributed by atoms with Crippen LogP contribution in [-0.2, 0) is 9.53 Å². The minimum Gasteiger partial charge on any atom is -0.459 e. The molecule has 1 aromatic heterocycles. The van der Waals surface area contributed by atoms with E-state index in [1.54, 1.807) is 17.0 Å². The van der Waals surface area contributed by atoms with E-state index in [2.05, 4.69) is 5.32 Å². The molecule has 0 unspecified atom stereocenters. The summed E-state index contributed by atoms with van der Waals surface area (Å²) in [6, 6.07) is 3.40. The number of carbonyl (C=O) groups is 2. The molecule has 130 valence electrons. The molecule has 4 rings (SSSR count). The van der Waals surface area contributed by atoms with Crippen molar-refractivity contribution in [3.8, 4) is 0 Å². The highest BCUT2D eigenvalue weighted by Crippen LogP contribution is 2.45. The van der Waals surface area contributed by atoms with Crippen LogP contribution in [0.1, 0.15) is 36.2 Å². The lowest BCUT2D eigenvalue weighted by atomic mass is 9.71. The first-order valence-corrected chi connectivity index (χ1v) is 8.86. The number of nitrogens with one attached hydrogen (secondary N) is 1. The third-order valence-corrected chi connectivity index (χ3v) is 5.73. The second-order valence-electron chi connectivity index (χ2n) is 7.38. The number of furan rings is 1. The zero-order valence-electron chi connectivity index (χ0n) is 13.8. The fourth-order valence-corrected chi connectivity index (χ4v) is 4.02. The summed E-state index contributed by atoms with van der Waals surface area (Å²) in [6.07, 6.45) is 5.60. The van der Waals surface area contributed by atoms with Gasteiger partial charge in [-0.15, -0.1) is 0 Å². The van der Waals surface area contributed by atoms with Crippen molar-refractivity contribution in [2.45, 2.75) is 25.7 Å². The minimum absolute atomic E-state index is 0.0959. The van der Waals surface area contributed by atoms with E-state index in [9.17, 15) is 9.59 Å². The van der Waals surface area contributed by atoms with Crippen LogP contribution in [0.2, 0.25) is 0 Å². The van der Waals surface area contributed by atoms with E-state index in [0.29, 0.717) is 38.0 Å². The zero-order valence-corrected chi connectivity index (χ0v) is 13.8. The molecule has 1 atom stereocenters. The van der Waals surface area contributed by atoms with Crippen LogP contribution < -0.4 is 5.32 Å². The lowest BCUT2D eigenvalue weighted by Crippen LogP contribution is -2.44. The van der Waals surface area contributed by atoms with Gasteiger partial charge < -0.3 is 19.4 Å². The Hall–Kier alpha value is -1.82. The molecule has 0 radical (unpaired) electrons. The lowest BCUT2D eigenvalue weighted by Gasteiger charge is -2.37. The Balaban J connectivity index is 1.50. The van der Waals surface area contributed by atoms with Gasteiger partial charge in [-0.2, -0.15) is 0 Å². The van der Waals surface area contributed by atoms with E-state index in [0.717, 1.165) is 19.4 Å². The number of likely N-dealkylation sites (tertiary alicyclic amines) is 1. The molecule has 1 aromatic rings. The molecule has 24 heavy (non-hydrogen) atoms. The first-order chi connectivity index (χ1) is 11.7. The van der Waals surface area contributed by atoms with Crippen molar-refractivity contribution in [1.29, 1.82) is 0 Å². The maximum Gasteiger partial charge on any atom is 0.289 e. The summed E-state index contributed by atoms with van der Waals surface area (Å²) in [4.78, 5) is 27.2. The van der Waals surface area contributed by atoms with E-state index < -0.39 is 0 Å². The second kappa shape index (κ2) is 6.24. The number of nitrogens with zero attached hydrogens (tertiary/aromatic N) is 1. The van der Waals surface area contributed by atoms with E-state index >= 15 is 0 Å². The number of ether oxygens (including phenoxy) is 1. The second-order valence-corrected chi connectivity index (χ2v) is 7.38. The molecule has 3 aliphatic rings. The standard InChI is InChI=1S/C18H24N2O4/c21-16(19-10-13-3-4-13)14-11-20(17(22)15-2-1-7-24-15)12-18(14)5-8-23-9-6-18/h1-2,7,13-14H,3-6,8-12H2,(H,19,21)/t14-/m0/s1. The van der Waals surface area contributed by atoms with Crippen molar-refractivity contribution in [3.05, 3.63) is 24.2 Å². The van der Waals surface area contributed by atoms with Gasteiger partial charge in [0.05, 0.1) is 12.2 Å². The van der Waals surface area contributed by atoms with Crippen molar-refractivity contribution in [1.82, 2.24) is 10.2 Å². The van der Waals surface area contributed by atoms with Crippen LogP contribution in [0.25, 0.3) is 0 Å². The van der Waals surface area contributed by atoms with Gasteiger partial charge in [0, 0.05) is 38.3 Å². The SMILES string of the molecule is O=C(NCC1CC1)[C@@H]1CN(C(=O)c2ccco2)CC12CCOCC2. The van der Waals surface area contributed by atoms with E-state index in [1.165, 1.54) is 19.1 Å². The predicted molar refractivity (Wildman–Crippen MR) is 86.3 cm³/mol. The average Bonchev–Trinajstić information content (AvgIpc) is 3.13. The van der Waals surface area contributed by atoms with Crippen LogP contribution in [0.3, 0.4) is 0 Å².